The molecule has 0 amide bonds. The number of hydrogen-bond acceptors (Lipinski definition) is 4. The quantitative estimate of drug-likeness (QED) is 0.806. The van der Waals surface area contributed by atoms with Crippen LogP contribution in [-0.2, 0) is 6.42 Å². The highest BCUT2D eigenvalue weighted by atomic mass is 15.1. The number of pyridine rings is 1. The topological polar surface area (TPSA) is 64.7 Å². The van der Waals surface area contributed by atoms with Crippen molar-refractivity contribution in [3.8, 4) is 0 Å². The summed E-state index contributed by atoms with van der Waals surface area (Å²) in [7, 11) is 0. The molecule has 4 nitrogen and oxygen atoms in total. The number of aromatic nitrogens is 3. The normalized spacial score (nSPS) is 18.7. The number of anilines is 1. The predicted molar refractivity (Wildman–Crippen MR) is 65.5 cm³/mol. The molecule has 0 bridgehead atoms. The number of aryl methyl sites for hydroxylation is 1. The maximum absolute atomic E-state index is 5.56. The third-order valence-corrected chi connectivity index (χ3v) is 3.26. The van der Waals surface area contributed by atoms with Gasteiger partial charge in [-0.1, -0.05) is 6.07 Å². The van der Waals surface area contributed by atoms with Crippen molar-refractivity contribution in [3.63, 3.8) is 0 Å². The van der Waals surface area contributed by atoms with Gasteiger partial charge >= 0.3 is 0 Å². The van der Waals surface area contributed by atoms with E-state index >= 15 is 0 Å². The highest BCUT2D eigenvalue weighted by molar-refractivity contribution is 5.34. The molecular weight excluding hydrogens is 212 g/mol. The van der Waals surface area contributed by atoms with E-state index in [1.165, 1.54) is 12.0 Å². The predicted octanol–water partition coefficient (Wildman–Crippen LogP) is 1.92. The first-order valence-electron chi connectivity index (χ1n) is 5.87. The minimum absolute atomic E-state index is 0.271. The van der Waals surface area contributed by atoms with Crippen molar-refractivity contribution in [2.24, 2.45) is 0 Å². The SMILES string of the molecule is Nc1ccc(C2CCCc3cccnc32)nn1. The van der Waals surface area contributed by atoms with Crippen LogP contribution in [0, 0.1) is 0 Å². The lowest BCUT2D eigenvalue weighted by Gasteiger charge is -2.23. The van der Waals surface area contributed by atoms with E-state index in [0.29, 0.717) is 5.82 Å². The lowest BCUT2D eigenvalue weighted by Crippen LogP contribution is -2.14. The Morgan fingerprint density at radius 2 is 2.12 bits per heavy atom. The Balaban J connectivity index is 2.03. The van der Waals surface area contributed by atoms with Crippen LogP contribution in [-0.4, -0.2) is 15.2 Å². The number of hydrogen-bond donors (Lipinski definition) is 1. The fourth-order valence-electron chi connectivity index (χ4n) is 2.44. The van der Waals surface area contributed by atoms with Gasteiger partial charge in [-0.15, -0.1) is 5.10 Å². The summed E-state index contributed by atoms with van der Waals surface area (Å²) < 4.78 is 0. The van der Waals surface area contributed by atoms with Gasteiger partial charge in [-0.2, -0.15) is 5.10 Å². The zero-order valence-corrected chi connectivity index (χ0v) is 9.50. The molecular formula is C13H14N4. The van der Waals surface area contributed by atoms with Crippen molar-refractivity contribution < 1.29 is 0 Å². The summed E-state index contributed by atoms with van der Waals surface area (Å²) in [6.45, 7) is 0. The van der Waals surface area contributed by atoms with Crippen LogP contribution >= 0.6 is 0 Å². The van der Waals surface area contributed by atoms with E-state index in [9.17, 15) is 0 Å². The van der Waals surface area contributed by atoms with Crippen molar-refractivity contribution in [3.05, 3.63) is 47.4 Å². The van der Waals surface area contributed by atoms with Gasteiger partial charge in [-0.05, 0) is 43.0 Å². The minimum atomic E-state index is 0.271. The second-order valence-corrected chi connectivity index (χ2v) is 4.38. The van der Waals surface area contributed by atoms with E-state index in [1.807, 2.05) is 18.3 Å². The van der Waals surface area contributed by atoms with Gasteiger partial charge in [-0.3, -0.25) is 4.98 Å². The summed E-state index contributed by atoms with van der Waals surface area (Å²) in [5, 5.41) is 8.11. The van der Waals surface area contributed by atoms with E-state index in [1.54, 1.807) is 6.07 Å². The van der Waals surface area contributed by atoms with Gasteiger partial charge in [0.15, 0.2) is 0 Å². The Hall–Kier alpha value is -1.97. The van der Waals surface area contributed by atoms with Crippen LogP contribution < -0.4 is 5.73 Å². The average Bonchev–Trinajstić information content (AvgIpc) is 2.39. The first kappa shape index (κ1) is 10.2. The van der Waals surface area contributed by atoms with Crippen LogP contribution in [0.3, 0.4) is 0 Å². The van der Waals surface area contributed by atoms with Crippen LogP contribution in [0.15, 0.2) is 30.5 Å². The Kier molecular flexibility index (Phi) is 2.48. The molecule has 0 spiro atoms. The fraction of sp³-hybridized carbons (Fsp3) is 0.308. The minimum Gasteiger partial charge on any atom is -0.382 e. The Labute approximate surface area is 99.9 Å². The van der Waals surface area contributed by atoms with Gasteiger partial charge in [0.25, 0.3) is 0 Å². The Morgan fingerprint density at radius 1 is 1.18 bits per heavy atom. The smallest absolute Gasteiger partial charge is 0.146 e. The third-order valence-electron chi connectivity index (χ3n) is 3.26. The number of nitrogen functional groups attached to an aromatic ring is 1. The zero-order chi connectivity index (χ0) is 11.7. The standard InChI is InChI=1S/C13H14N4/c14-12-7-6-11(16-17-12)10-5-1-3-9-4-2-8-15-13(9)10/h2,4,6-8,10H,1,3,5H2,(H2,14,17). The first-order chi connectivity index (χ1) is 8.34. The second kappa shape index (κ2) is 4.13. The number of rotatable bonds is 1. The molecule has 1 aliphatic carbocycles. The highest BCUT2D eigenvalue weighted by Gasteiger charge is 2.24. The molecule has 2 aromatic rings. The van der Waals surface area contributed by atoms with Gasteiger partial charge in [0.2, 0.25) is 0 Å². The molecule has 17 heavy (non-hydrogen) atoms. The summed E-state index contributed by atoms with van der Waals surface area (Å²) in [5.74, 6) is 0.735. The molecule has 4 heteroatoms. The molecule has 1 atom stereocenters. The van der Waals surface area contributed by atoms with Crippen molar-refractivity contribution in [1.29, 1.82) is 0 Å². The molecule has 3 rings (SSSR count). The number of nitrogens with zero attached hydrogens (tertiary/aromatic N) is 3. The van der Waals surface area contributed by atoms with Gasteiger partial charge in [0.1, 0.15) is 5.82 Å². The molecule has 2 heterocycles. The first-order valence-corrected chi connectivity index (χ1v) is 5.87. The van der Waals surface area contributed by atoms with Crippen molar-refractivity contribution in [2.75, 3.05) is 5.73 Å². The molecule has 0 aliphatic heterocycles. The summed E-state index contributed by atoms with van der Waals surface area (Å²) in [6, 6.07) is 7.91. The molecule has 0 radical (unpaired) electrons. The van der Waals surface area contributed by atoms with E-state index in [4.69, 9.17) is 5.73 Å². The molecule has 86 valence electrons. The lowest BCUT2D eigenvalue weighted by atomic mass is 9.84. The van der Waals surface area contributed by atoms with Crippen LogP contribution in [0.25, 0.3) is 0 Å². The molecule has 0 saturated carbocycles. The highest BCUT2D eigenvalue weighted by Crippen LogP contribution is 2.33. The molecule has 0 aromatic carbocycles. The van der Waals surface area contributed by atoms with Gasteiger partial charge < -0.3 is 5.73 Å². The van der Waals surface area contributed by atoms with Crippen LogP contribution in [0.2, 0.25) is 0 Å². The summed E-state index contributed by atoms with van der Waals surface area (Å²) in [5.41, 5.74) is 9.02. The molecule has 1 unspecified atom stereocenters. The van der Waals surface area contributed by atoms with Gasteiger partial charge in [-0.25, -0.2) is 0 Å². The monoisotopic (exact) mass is 226 g/mol. The van der Waals surface area contributed by atoms with Gasteiger partial charge in [0, 0.05) is 12.1 Å². The lowest BCUT2D eigenvalue weighted by molar-refractivity contribution is 0.582. The Morgan fingerprint density at radius 3 is 2.94 bits per heavy atom. The molecule has 1 aliphatic rings. The second-order valence-electron chi connectivity index (χ2n) is 4.38. The molecule has 2 aromatic heterocycles. The van der Waals surface area contributed by atoms with Crippen LogP contribution in [0.5, 0.6) is 0 Å². The third kappa shape index (κ3) is 1.86. The van der Waals surface area contributed by atoms with Gasteiger partial charge in [0.05, 0.1) is 11.4 Å². The average molecular weight is 226 g/mol. The maximum Gasteiger partial charge on any atom is 0.146 e. The van der Waals surface area contributed by atoms with Crippen LogP contribution in [0.4, 0.5) is 5.82 Å². The van der Waals surface area contributed by atoms with E-state index < -0.39 is 0 Å². The largest absolute Gasteiger partial charge is 0.382 e. The summed E-state index contributed by atoms with van der Waals surface area (Å²) in [4.78, 5) is 4.50. The van der Waals surface area contributed by atoms with E-state index in [0.717, 1.165) is 24.2 Å². The maximum atomic E-state index is 5.56. The molecule has 2 N–H and O–H groups in total. The number of fused-ring (bicyclic) bond motifs is 1. The van der Waals surface area contributed by atoms with Crippen molar-refractivity contribution in [2.45, 2.75) is 25.2 Å². The fourth-order valence-corrected chi connectivity index (χ4v) is 2.44. The van der Waals surface area contributed by atoms with E-state index in [2.05, 4.69) is 21.2 Å². The van der Waals surface area contributed by atoms with Crippen LogP contribution in [0.1, 0.15) is 35.7 Å². The molecule has 0 fully saturated rings. The Bertz CT molecular complexity index is 521. The van der Waals surface area contributed by atoms with E-state index in [-0.39, 0.29) is 5.92 Å². The summed E-state index contributed by atoms with van der Waals surface area (Å²) in [6.07, 6.45) is 5.22. The molecule has 0 saturated heterocycles. The van der Waals surface area contributed by atoms with Crippen molar-refractivity contribution in [1.82, 2.24) is 15.2 Å². The zero-order valence-electron chi connectivity index (χ0n) is 9.50. The summed E-state index contributed by atoms with van der Waals surface area (Å²) >= 11 is 0. The number of nitrogens with two attached hydrogens (primary N) is 1. The van der Waals surface area contributed by atoms with Crippen molar-refractivity contribution >= 4 is 5.82 Å².